The molecule has 0 radical (unpaired) electrons. The number of nitrogens with zero attached hydrogens (tertiary/aromatic N) is 1. The Labute approximate surface area is 165 Å². The van der Waals surface area contributed by atoms with Crippen LogP contribution >= 0.6 is 24.0 Å². The number of guanidine groups is 1. The third-order valence-corrected chi connectivity index (χ3v) is 3.97. The van der Waals surface area contributed by atoms with Crippen LogP contribution in [0.5, 0.6) is 11.5 Å². The van der Waals surface area contributed by atoms with Crippen molar-refractivity contribution in [3.05, 3.63) is 59.7 Å². The second-order valence-electron chi connectivity index (χ2n) is 5.61. The topological polar surface area (TPSA) is 68.9 Å². The van der Waals surface area contributed by atoms with Crippen molar-refractivity contribution < 1.29 is 9.47 Å². The molecule has 3 rings (SSSR count). The van der Waals surface area contributed by atoms with Crippen LogP contribution in [0.25, 0.3) is 0 Å². The number of para-hydroxylation sites is 2. The highest BCUT2D eigenvalue weighted by Crippen LogP contribution is 2.31. The van der Waals surface area contributed by atoms with Gasteiger partial charge in [-0.3, -0.25) is 0 Å². The van der Waals surface area contributed by atoms with E-state index in [2.05, 4.69) is 16.4 Å². The van der Waals surface area contributed by atoms with Gasteiger partial charge in [0.2, 0.25) is 0 Å². The van der Waals surface area contributed by atoms with Gasteiger partial charge in [0, 0.05) is 17.5 Å². The number of ether oxygens (including phenoxy) is 2. The first-order valence-corrected chi connectivity index (χ1v) is 8.27. The van der Waals surface area contributed by atoms with Gasteiger partial charge in [-0.2, -0.15) is 0 Å². The quantitative estimate of drug-likeness (QED) is 0.412. The molecule has 2 aromatic carbocycles. The van der Waals surface area contributed by atoms with Gasteiger partial charge in [-0.1, -0.05) is 36.4 Å². The number of rotatable bonds is 5. The Morgan fingerprint density at radius 3 is 2.84 bits per heavy atom. The second kappa shape index (κ2) is 9.50. The van der Waals surface area contributed by atoms with Gasteiger partial charge >= 0.3 is 0 Å². The number of aliphatic imine (C=N–C) groups is 1. The van der Waals surface area contributed by atoms with E-state index < -0.39 is 0 Å². The van der Waals surface area contributed by atoms with Crippen LogP contribution in [-0.4, -0.2) is 19.2 Å². The van der Waals surface area contributed by atoms with E-state index in [0.29, 0.717) is 25.7 Å². The molecule has 0 bridgehead atoms. The fourth-order valence-corrected chi connectivity index (χ4v) is 2.82. The van der Waals surface area contributed by atoms with Gasteiger partial charge < -0.3 is 20.5 Å². The first-order valence-electron chi connectivity index (χ1n) is 8.27. The van der Waals surface area contributed by atoms with Crippen LogP contribution in [0.1, 0.15) is 30.5 Å². The summed E-state index contributed by atoms with van der Waals surface area (Å²) in [5, 5.41) is 3.30. The molecule has 0 spiro atoms. The van der Waals surface area contributed by atoms with Crippen LogP contribution in [-0.2, 0) is 6.54 Å². The zero-order valence-corrected chi connectivity index (χ0v) is 16.6. The minimum absolute atomic E-state index is 0. The first-order chi connectivity index (χ1) is 11.8. The van der Waals surface area contributed by atoms with Gasteiger partial charge in [-0.25, -0.2) is 4.99 Å². The summed E-state index contributed by atoms with van der Waals surface area (Å²) in [6.45, 7) is 3.76. The molecule has 0 saturated heterocycles. The van der Waals surface area contributed by atoms with E-state index >= 15 is 0 Å². The molecule has 1 atom stereocenters. The maximum absolute atomic E-state index is 6.09. The Morgan fingerprint density at radius 1 is 1.24 bits per heavy atom. The molecule has 1 aliphatic rings. The highest BCUT2D eigenvalue weighted by molar-refractivity contribution is 14.0. The third kappa shape index (κ3) is 5.01. The van der Waals surface area contributed by atoms with Gasteiger partial charge in [-0.05, 0) is 19.1 Å². The van der Waals surface area contributed by atoms with E-state index in [4.69, 9.17) is 15.2 Å². The van der Waals surface area contributed by atoms with Gasteiger partial charge in [-0.15, -0.1) is 24.0 Å². The summed E-state index contributed by atoms with van der Waals surface area (Å²) in [6.07, 6.45) is 0.864. The molecule has 6 heteroatoms. The highest BCUT2D eigenvalue weighted by atomic mass is 127. The van der Waals surface area contributed by atoms with Gasteiger partial charge in [0.1, 0.15) is 11.5 Å². The number of nitrogens with one attached hydrogen (secondary N) is 1. The molecule has 5 nitrogen and oxygen atoms in total. The number of hydrogen-bond acceptors (Lipinski definition) is 3. The normalized spacial score (nSPS) is 16.2. The minimum atomic E-state index is 0. The Bertz CT molecular complexity index is 721. The van der Waals surface area contributed by atoms with Crippen molar-refractivity contribution in [3.8, 4) is 11.5 Å². The minimum Gasteiger partial charge on any atom is -0.494 e. The van der Waals surface area contributed by atoms with Crippen LogP contribution in [0.4, 0.5) is 0 Å². The Balaban J connectivity index is 0.00000225. The van der Waals surface area contributed by atoms with Crippen LogP contribution in [0.3, 0.4) is 0 Å². The second-order valence-corrected chi connectivity index (χ2v) is 5.61. The monoisotopic (exact) mass is 453 g/mol. The molecular formula is C19H24IN3O2. The predicted octanol–water partition coefficient (Wildman–Crippen LogP) is 3.63. The van der Waals surface area contributed by atoms with Crippen molar-refractivity contribution in [2.45, 2.75) is 25.9 Å². The van der Waals surface area contributed by atoms with Crippen molar-refractivity contribution in [2.24, 2.45) is 10.7 Å². The lowest BCUT2D eigenvalue weighted by Gasteiger charge is -2.26. The van der Waals surface area contributed by atoms with Crippen molar-refractivity contribution in [3.63, 3.8) is 0 Å². The van der Waals surface area contributed by atoms with Gasteiger partial charge in [0.25, 0.3) is 0 Å². The first kappa shape index (κ1) is 19.4. The van der Waals surface area contributed by atoms with Crippen molar-refractivity contribution >= 4 is 29.9 Å². The van der Waals surface area contributed by atoms with E-state index in [1.54, 1.807) is 0 Å². The zero-order chi connectivity index (χ0) is 16.8. The summed E-state index contributed by atoms with van der Waals surface area (Å²) < 4.78 is 11.3. The zero-order valence-electron chi connectivity index (χ0n) is 14.3. The number of hydrogen-bond donors (Lipinski definition) is 2. The summed E-state index contributed by atoms with van der Waals surface area (Å²) in [5.41, 5.74) is 8.24. The smallest absolute Gasteiger partial charge is 0.189 e. The van der Waals surface area contributed by atoms with Crippen LogP contribution in [0.15, 0.2) is 53.5 Å². The predicted molar refractivity (Wildman–Crippen MR) is 111 cm³/mol. The molecule has 3 N–H and O–H groups in total. The van der Waals surface area contributed by atoms with E-state index in [1.807, 2.05) is 49.4 Å². The van der Waals surface area contributed by atoms with E-state index in [-0.39, 0.29) is 30.0 Å². The number of halogens is 1. The van der Waals surface area contributed by atoms with E-state index in [1.165, 1.54) is 0 Å². The number of benzene rings is 2. The molecule has 134 valence electrons. The molecule has 0 amide bonds. The molecule has 1 unspecified atom stereocenters. The van der Waals surface area contributed by atoms with Crippen LogP contribution in [0, 0.1) is 0 Å². The molecule has 0 aliphatic carbocycles. The van der Waals surface area contributed by atoms with E-state index in [0.717, 1.165) is 29.0 Å². The van der Waals surface area contributed by atoms with Crippen molar-refractivity contribution in [2.75, 3.05) is 13.2 Å². The molecule has 1 heterocycles. The van der Waals surface area contributed by atoms with Gasteiger partial charge in [0.05, 0.1) is 25.8 Å². The summed E-state index contributed by atoms with van der Waals surface area (Å²) >= 11 is 0. The lowest BCUT2D eigenvalue weighted by Crippen LogP contribution is -2.37. The fraction of sp³-hybridized carbons (Fsp3) is 0.316. The Kier molecular flexibility index (Phi) is 7.36. The fourth-order valence-electron chi connectivity index (χ4n) is 2.82. The summed E-state index contributed by atoms with van der Waals surface area (Å²) in [6, 6.07) is 16.0. The van der Waals surface area contributed by atoms with Crippen LogP contribution < -0.4 is 20.5 Å². The number of fused-ring (bicyclic) bond motifs is 1. The third-order valence-electron chi connectivity index (χ3n) is 3.97. The maximum Gasteiger partial charge on any atom is 0.189 e. The highest BCUT2D eigenvalue weighted by Gasteiger charge is 2.21. The summed E-state index contributed by atoms with van der Waals surface area (Å²) in [7, 11) is 0. The largest absolute Gasteiger partial charge is 0.494 e. The van der Waals surface area contributed by atoms with Gasteiger partial charge in [0.15, 0.2) is 5.96 Å². The lowest BCUT2D eigenvalue weighted by molar-refractivity contribution is 0.262. The standard InChI is InChI=1S/C19H23N3O2.HI/c1-2-23-17-9-5-3-7-14(17)13-21-19(20)22-16-11-12-24-18-10-6-4-8-15(16)18;/h3-10,16H,2,11-13H2,1H3,(H3,20,21,22);1H. The summed E-state index contributed by atoms with van der Waals surface area (Å²) in [5.74, 6) is 2.20. The SMILES string of the molecule is CCOc1ccccc1CN=C(N)NC1CCOc2ccccc21.I. The molecule has 0 fully saturated rings. The number of nitrogens with two attached hydrogens (primary N) is 1. The van der Waals surface area contributed by atoms with Crippen molar-refractivity contribution in [1.29, 1.82) is 0 Å². The lowest BCUT2D eigenvalue weighted by atomic mass is 10.0. The van der Waals surface area contributed by atoms with Crippen molar-refractivity contribution in [1.82, 2.24) is 5.32 Å². The Morgan fingerprint density at radius 2 is 2.00 bits per heavy atom. The molecule has 25 heavy (non-hydrogen) atoms. The molecule has 0 aromatic heterocycles. The average molecular weight is 453 g/mol. The maximum atomic E-state index is 6.09. The molecule has 2 aromatic rings. The molecule has 1 aliphatic heterocycles. The molecular weight excluding hydrogens is 429 g/mol. The summed E-state index contributed by atoms with van der Waals surface area (Å²) in [4.78, 5) is 4.47. The van der Waals surface area contributed by atoms with E-state index in [9.17, 15) is 0 Å². The Hall–Kier alpha value is -1.96. The average Bonchev–Trinajstić information content (AvgIpc) is 2.62. The molecule has 0 saturated carbocycles. The van der Waals surface area contributed by atoms with Crippen LogP contribution in [0.2, 0.25) is 0 Å².